The second-order valence-corrected chi connectivity index (χ2v) is 10.1. The molecule has 4 aliphatic carbocycles. The maximum Gasteiger partial charge on any atom is 0.257 e. The Morgan fingerprint density at radius 2 is 1.72 bits per heavy atom. The summed E-state index contributed by atoms with van der Waals surface area (Å²) in [6.45, 7) is 0. The van der Waals surface area contributed by atoms with Crippen LogP contribution in [0, 0.1) is 17.8 Å². The van der Waals surface area contributed by atoms with Crippen molar-refractivity contribution in [2.45, 2.75) is 43.9 Å². The highest BCUT2D eigenvalue weighted by molar-refractivity contribution is 7.15. The van der Waals surface area contributed by atoms with Gasteiger partial charge in [0.05, 0.1) is 6.33 Å². The van der Waals surface area contributed by atoms with Crippen LogP contribution in [0.4, 0.5) is 5.13 Å². The minimum Gasteiger partial charge on any atom is -0.306 e. The molecule has 148 valence electrons. The molecule has 1 aromatic carbocycles. The molecule has 3 aromatic rings. The predicted octanol–water partition coefficient (Wildman–Crippen LogP) is 4.44. The molecule has 4 fully saturated rings. The predicted molar refractivity (Wildman–Crippen MR) is 111 cm³/mol. The first-order chi connectivity index (χ1) is 14.2. The van der Waals surface area contributed by atoms with Crippen LogP contribution >= 0.6 is 11.3 Å². The summed E-state index contributed by atoms with van der Waals surface area (Å²) in [5.74, 6) is 2.47. The van der Waals surface area contributed by atoms with E-state index in [1.807, 2.05) is 35.0 Å². The number of amides is 1. The first-order valence-electron chi connectivity index (χ1n) is 10.4. The van der Waals surface area contributed by atoms with Crippen molar-refractivity contribution < 1.29 is 4.79 Å². The molecule has 2 heterocycles. The second kappa shape index (κ2) is 6.49. The second-order valence-electron chi connectivity index (χ2n) is 9.08. The van der Waals surface area contributed by atoms with Gasteiger partial charge >= 0.3 is 0 Å². The summed E-state index contributed by atoms with van der Waals surface area (Å²) in [6, 6.07) is 7.48. The molecule has 0 atom stereocenters. The standard InChI is InChI=1S/C22H23N5OS/c28-19(17-1-3-18(4-2-17)27-6-5-23-13-27)24-21-26-25-20(29-21)22-10-14-7-15(11-22)9-16(8-14)12-22/h1-6,13-16H,7-12H2,(H,24,26,28). The van der Waals surface area contributed by atoms with Gasteiger partial charge in [-0.15, -0.1) is 10.2 Å². The average molecular weight is 406 g/mol. The Morgan fingerprint density at radius 3 is 2.34 bits per heavy atom. The number of hydrogen-bond donors (Lipinski definition) is 1. The topological polar surface area (TPSA) is 72.7 Å². The van der Waals surface area contributed by atoms with Crippen LogP contribution in [-0.2, 0) is 5.41 Å². The van der Waals surface area contributed by atoms with E-state index in [1.165, 1.54) is 38.5 Å². The molecule has 1 amide bonds. The van der Waals surface area contributed by atoms with Crippen molar-refractivity contribution in [3.8, 4) is 5.69 Å². The van der Waals surface area contributed by atoms with Crippen molar-refractivity contribution in [3.05, 3.63) is 53.6 Å². The van der Waals surface area contributed by atoms with Gasteiger partial charge in [0.25, 0.3) is 5.91 Å². The third-order valence-corrected chi connectivity index (χ3v) is 8.15. The maximum absolute atomic E-state index is 12.7. The summed E-state index contributed by atoms with van der Waals surface area (Å²) in [4.78, 5) is 16.7. The van der Waals surface area contributed by atoms with Gasteiger partial charge in [-0.3, -0.25) is 10.1 Å². The minimum atomic E-state index is -0.143. The van der Waals surface area contributed by atoms with Gasteiger partial charge in [0, 0.05) is 29.1 Å². The van der Waals surface area contributed by atoms with Gasteiger partial charge < -0.3 is 4.57 Å². The van der Waals surface area contributed by atoms with Crippen molar-refractivity contribution in [2.24, 2.45) is 17.8 Å². The van der Waals surface area contributed by atoms with Gasteiger partial charge in [0.1, 0.15) is 5.01 Å². The van der Waals surface area contributed by atoms with E-state index in [0.29, 0.717) is 10.7 Å². The molecule has 4 bridgehead atoms. The summed E-state index contributed by atoms with van der Waals surface area (Å²) in [5.41, 5.74) is 1.81. The van der Waals surface area contributed by atoms with Crippen molar-refractivity contribution >= 4 is 22.4 Å². The number of anilines is 1. The smallest absolute Gasteiger partial charge is 0.257 e. The third kappa shape index (κ3) is 2.99. The first kappa shape index (κ1) is 17.3. The number of carbonyl (C=O) groups is 1. The molecule has 4 aliphatic rings. The Hall–Kier alpha value is -2.54. The molecule has 0 radical (unpaired) electrons. The van der Waals surface area contributed by atoms with E-state index in [9.17, 15) is 4.79 Å². The normalized spacial score (nSPS) is 29.9. The van der Waals surface area contributed by atoms with Gasteiger partial charge in [-0.2, -0.15) is 0 Å². The molecule has 6 nitrogen and oxygen atoms in total. The lowest BCUT2D eigenvalue weighted by Gasteiger charge is -2.55. The number of nitrogens with one attached hydrogen (secondary N) is 1. The zero-order chi connectivity index (χ0) is 19.4. The Balaban J connectivity index is 1.18. The van der Waals surface area contributed by atoms with E-state index < -0.39 is 0 Å². The molecular weight excluding hydrogens is 382 g/mol. The average Bonchev–Trinajstić information content (AvgIpc) is 3.40. The fourth-order valence-corrected chi connectivity index (χ4v) is 7.18. The van der Waals surface area contributed by atoms with Crippen LogP contribution in [0.5, 0.6) is 0 Å². The summed E-state index contributed by atoms with van der Waals surface area (Å²) < 4.78 is 1.91. The molecule has 29 heavy (non-hydrogen) atoms. The highest BCUT2D eigenvalue weighted by Gasteiger charge is 2.53. The van der Waals surface area contributed by atoms with Crippen LogP contribution < -0.4 is 5.32 Å². The van der Waals surface area contributed by atoms with E-state index >= 15 is 0 Å². The van der Waals surface area contributed by atoms with E-state index in [1.54, 1.807) is 23.9 Å². The maximum atomic E-state index is 12.7. The number of nitrogens with zero attached hydrogens (tertiary/aromatic N) is 4. The molecule has 0 unspecified atom stereocenters. The van der Waals surface area contributed by atoms with E-state index in [-0.39, 0.29) is 11.3 Å². The molecule has 0 aliphatic heterocycles. The van der Waals surface area contributed by atoms with Crippen LogP contribution in [0.3, 0.4) is 0 Å². The van der Waals surface area contributed by atoms with E-state index in [2.05, 4.69) is 20.5 Å². The van der Waals surface area contributed by atoms with Crippen LogP contribution in [0.2, 0.25) is 0 Å². The highest BCUT2D eigenvalue weighted by atomic mass is 32.1. The number of rotatable bonds is 4. The third-order valence-electron chi connectivity index (χ3n) is 7.07. The fraction of sp³-hybridized carbons (Fsp3) is 0.455. The lowest BCUT2D eigenvalue weighted by atomic mass is 9.50. The molecule has 4 saturated carbocycles. The monoisotopic (exact) mass is 405 g/mol. The van der Waals surface area contributed by atoms with Crippen molar-refractivity contribution in [1.29, 1.82) is 0 Å². The molecule has 7 rings (SSSR count). The Kier molecular flexibility index (Phi) is 3.88. The number of benzene rings is 1. The van der Waals surface area contributed by atoms with Crippen LogP contribution in [0.15, 0.2) is 43.0 Å². The lowest BCUT2D eigenvalue weighted by Crippen LogP contribution is -2.48. The van der Waals surface area contributed by atoms with Crippen molar-refractivity contribution in [1.82, 2.24) is 19.7 Å². The number of carbonyl (C=O) groups excluding carboxylic acids is 1. The van der Waals surface area contributed by atoms with Gasteiger partial charge in [0.2, 0.25) is 5.13 Å². The zero-order valence-corrected chi connectivity index (χ0v) is 16.9. The molecule has 0 saturated heterocycles. The summed E-state index contributed by atoms with van der Waals surface area (Å²) in [5, 5.41) is 13.6. The van der Waals surface area contributed by atoms with E-state index in [4.69, 9.17) is 0 Å². The van der Waals surface area contributed by atoms with Gasteiger partial charge in [-0.25, -0.2) is 4.98 Å². The zero-order valence-electron chi connectivity index (χ0n) is 16.1. The van der Waals surface area contributed by atoms with Gasteiger partial charge in [-0.05, 0) is 80.5 Å². The summed E-state index contributed by atoms with van der Waals surface area (Å²) in [6.07, 6.45) is 13.4. The quantitative estimate of drug-likeness (QED) is 0.696. The molecular formula is C22H23N5OS. The number of imidazole rings is 1. The first-order valence-corrected chi connectivity index (χ1v) is 11.2. The Morgan fingerprint density at radius 1 is 1.03 bits per heavy atom. The number of aromatic nitrogens is 4. The summed E-state index contributed by atoms with van der Waals surface area (Å²) >= 11 is 1.58. The molecule has 7 heteroatoms. The Bertz CT molecular complexity index is 1000. The SMILES string of the molecule is O=C(Nc1nnc(C23CC4CC(CC(C4)C2)C3)s1)c1ccc(-n2ccnc2)cc1. The number of hydrogen-bond acceptors (Lipinski definition) is 5. The lowest BCUT2D eigenvalue weighted by molar-refractivity contribution is -0.00555. The van der Waals surface area contributed by atoms with Crippen LogP contribution in [0.1, 0.15) is 53.9 Å². The summed E-state index contributed by atoms with van der Waals surface area (Å²) in [7, 11) is 0. The fourth-order valence-electron chi connectivity index (χ4n) is 6.23. The van der Waals surface area contributed by atoms with Crippen molar-refractivity contribution in [2.75, 3.05) is 5.32 Å². The molecule has 0 spiro atoms. The molecule has 2 aromatic heterocycles. The minimum absolute atomic E-state index is 0.143. The van der Waals surface area contributed by atoms with Crippen LogP contribution in [0.25, 0.3) is 5.69 Å². The van der Waals surface area contributed by atoms with Gasteiger partial charge in [-0.1, -0.05) is 11.3 Å². The van der Waals surface area contributed by atoms with Crippen LogP contribution in [-0.4, -0.2) is 25.7 Å². The van der Waals surface area contributed by atoms with Gasteiger partial charge in [0.15, 0.2) is 0 Å². The highest BCUT2D eigenvalue weighted by Crippen LogP contribution is 2.61. The van der Waals surface area contributed by atoms with Crippen molar-refractivity contribution in [3.63, 3.8) is 0 Å². The largest absolute Gasteiger partial charge is 0.306 e. The van der Waals surface area contributed by atoms with E-state index in [0.717, 1.165) is 28.4 Å². The molecule has 1 N–H and O–H groups in total. The Labute approximate surface area is 173 Å².